The number of hydrogen-bond donors (Lipinski definition) is 2. The predicted octanol–water partition coefficient (Wildman–Crippen LogP) is 2.30. The minimum Gasteiger partial charge on any atom is -0.368 e. The number of benzene rings is 1. The molecule has 1 fully saturated rings. The zero-order valence-corrected chi connectivity index (χ0v) is 12.0. The Morgan fingerprint density at radius 3 is 2.95 bits per heavy atom. The van der Waals surface area contributed by atoms with E-state index in [0.717, 1.165) is 25.9 Å². The van der Waals surface area contributed by atoms with E-state index >= 15 is 0 Å². The van der Waals surface area contributed by atoms with Crippen molar-refractivity contribution in [2.24, 2.45) is 0 Å². The van der Waals surface area contributed by atoms with Crippen LogP contribution in [-0.2, 0) is 9.53 Å². The summed E-state index contributed by atoms with van der Waals surface area (Å²) in [4.78, 5) is 11.7. The molecular formula is C13H16BrFN2O2. The first-order valence-electron chi connectivity index (χ1n) is 6.22. The Hall–Kier alpha value is -0.980. The number of amides is 1. The van der Waals surface area contributed by atoms with Crippen LogP contribution in [0.2, 0.25) is 0 Å². The molecule has 0 aromatic heterocycles. The van der Waals surface area contributed by atoms with Gasteiger partial charge in [0.25, 0.3) is 0 Å². The van der Waals surface area contributed by atoms with Crippen LogP contribution in [-0.4, -0.2) is 31.7 Å². The molecule has 0 atom stereocenters. The number of carbonyl (C=O) groups excluding carboxylic acids is 1. The number of rotatable bonds is 4. The minimum absolute atomic E-state index is 0.0450. The lowest BCUT2D eigenvalue weighted by atomic mass is 10.1. The lowest BCUT2D eigenvalue weighted by molar-refractivity contribution is -0.123. The van der Waals surface area contributed by atoms with Crippen molar-refractivity contribution in [1.82, 2.24) is 5.32 Å². The van der Waals surface area contributed by atoms with Gasteiger partial charge in [-0.1, -0.05) is 15.9 Å². The standard InChI is InChI=1S/C13H16BrFN2O2/c14-9-1-2-11(15)12(7-9)17-13(18)8-19-10-3-5-16-6-4-10/h1-2,7,10,16H,3-6,8H2,(H,17,18). The molecule has 0 aliphatic carbocycles. The quantitative estimate of drug-likeness (QED) is 0.890. The maximum absolute atomic E-state index is 13.4. The van der Waals surface area contributed by atoms with Crippen LogP contribution >= 0.6 is 15.9 Å². The molecule has 2 rings (SSSR count). The monoisotopic (exact) mass is 330 g/mol. The zero-order valence-electron chi connectivity index (χ0n) is 10.4. The van der Waals surface area contributed by atoms with Gasteiger partial charge in [-0.3, -0.25) is 4.79 Å². The molecule has 6 heteroatoms. The molecule has 0 bridgehead atoms. The van der Waals surface area contributed by atoms with E-state index in [-0.39, 0.29) is 24.3 Å². The van der Waals surface area contributed by atoms with Crippen LogP contribution in [0.4, 0.5) is 10.1 Å². The van der Waals surface area contributed by atoms with E-state index in [9.17, 15) is 9.18 Å². The summed E-state index contributed by atoms with van der Waals surface area (Å²) >= 11 is 3.23. The highest BCUT2D eigenvalue weighted by Gasteiger charge is 2.15. The van der Waals surface area contributed by atoms with Crippen molar-refractivity contribution >= 4 is 27.5 Å². The van der Waals surface area contributed by atoms with Crippen LogP contribution in [0.15, 0.2) is 22.7 Å². The van der Waals surface area contributed by atoms with Crippen molar-refractivity contribution in [3.05, 3.63) is 28.5 Å². The summed E-state index contributed by atoms with van der Waals surface area (Å²) in [5.41, 5.74) is 0.160. The number of anilines is 1. The van der Waals surface area contributed by atoms with E-state index in [1.165, 1.54) is 12.1 Å². The van der Waals surface area contributed by atoms with Gasteiger partial charge in [-0.05, 0) is 44.1 Å². The van der Waals surface area contributed by atoms with Crippen LogP contribution in [0.25, 0.3) is 0 Å². The molecule has 1 aliphatic rings. The SMILES string of the molecule is O=C(COC1CCNCC1)Nc1cc(Br)ccc1F. The Kier molecular flexibility index (Phi) is 5.30. The summed E-state index contributed by atoms with van der Waals surface area (Å²) in [6.07, 6.45) is 1.91. The average molecular weight is 331 g/mol. The molecule has 1 aliphatic heterocycles. The van der Waals surface area contributed by atoms with Gasteiger partial charge in [-0.15, -0.1) is 0 Å². The molecule has 0 unspecified atom stereocenters. The average Bonchev–Trinajstić information content (AvgIpc) is 2.42. The summed E-state index contributed by atoms with van der Waals surface area (Å²) in [5, 5.41) is 5.73. The maximum Gasteiger partial charge on any atom is 0.250 e. The van der Waals surface area contributed by atoms with Gasteiger partial charge in [0.15, 0.2) is 0 Å². The third-order valence-electron chi connectivity index (χ3n) is 2.94. The number of carbonyl (C=O) groups is 1. The van der Waals surface area contributed by atoms with E-state index in [4.69, 9.17) is 4.74 Å². The molecule has 0 saturated carbocycles. The van der Waals surface area contributed by atoms with E-state index in [2.05, 4.69) is 26.6 Å². The molecule has 1 saturated heterocycles. The van der Waals surface area contributed by atoms with Gasteiger partial charge in [0.1, 0.15) is 12.4 Å². The predicted molar refractivity (Wildman–Crippen MR) is 74.6 cm³/mol. The summed E-state index contributed by atoms with van der Waals surface area (Å²) in [5.74, 6) is -0.797. The van der Waals surface area contributed by atoms with Crippen LogP contribution in [0.1, 0.15) is 12.8 Å². The van der Waals surface area contributed by atoms with Crippen molar-refractivity contribution in [2.45, 2.75) is 18.9 Å². The van der Waals surface area contributed by atoms with Crippen molar-refractivity contribution in [1.29, 1.82) is 0 Å². The lowest BCUT2D eigenvalue weighted by Crippen LogP contribution is -2.34. The normalized spacial score (nSPS) is 16.3. The second-order valence-electron chi connectivity index (χ2n) is 4.43. The second kappa shape index (κ2) is 6.98. The Morgan fingerprint density at radius 2 is 2.21 bits per heavy atom. The van der Waals surface area contributed by atoms with Crippen molar-refractivity contribution < 1.29 is 13.9 Å². The lowest BCUT2D eigenvalue weighted by Gasteiger charge is -2.22. The van der Waals surface area contributed by atoms with Gasteiger partial charge in [0.2, 0.25) is 5.91 Å². The number of hydrogen-bond acceptors (Lipinski definition) is 3. The number of halogens is 2. The molecule has 1 aromatic carbocycles. The highest BCUT2D eigenvalue weighted by molar-refractivity contribution is 9.10. The van der Waals surface area contributed by atoms with E-state index in [0.29, 0.717) is 4.47 Å². The molecule has 1 aromatic rings. The van der Waals surface area contributed by atoms with Crippen molar-refractivity contribution in [3.63, 3.8) is 0 Å². The van der Waals surface area contributed by atoms with Gasteiger partial charge in [0.05, 0.1) is 11.8 Å². The van der Waals surface area contributed by atoms with E-state index in [1.54, 1.807) is 6.07 Å². The van der Waals surface area contributed by atoms with Crippen molar-refractivity contribution in [2.75, 3.05) is 25.0 Å². The van der Waals surface area contributed by atoms with Crippen molar-refractivity contribution in [3.8, 4) is 0 Å². The molecule has 104 valence electrons. The summed E-state index contributed by atoms with van der Waals surface area (Å²) < 4.78 is 19.7. The molecule has 1 amide bonds. The Bertz CT molecular complexity index is 450. The number of piperidine rings is 1. The first-order chi connectivity index (χ1) is 9.15. The minimum atomic E-state index is -0.460. The van der Waals surface area contributed by atoms with Crippen LogP contribution < -0.4 is 10.6 Å². The summed E-state index contributed by atoms with van der Waals surface area (Å²) in [6.45, 7) is 1.77. The van der Waals surface area contributed by atoms with Gasteiger partial charge in [-0.25, -0.2) is 4.39 Å². The fourth-order valence-corrected chi connectivity index (χ4v) is 2.30. The first kappa shape index (κ1) is 14.4. The molecule has 4 nitrogen and oxygen atoms in total. The molecule has 1 heterocycles. The highest BCUT2D eigenvalue weighted by Crippen LogP contribution is 2.20. The number of nitrogens with one attached hydrogen (secondary N) is 2. The highest BCUT2D eigenvalue weighted by atomic mass is 79.9. The zero-order chi connectivity index (χ0) is 13.7. The molecule has 0 radical (unpaired) electrons. The molecule has 2 N–H and O–H groups in total. The largest absolute Gasteiger partial charge is 0.368 e. The van der Waals surface area contributed by atoms with Gasteiger partial charge in [0, 0.05) is 4.47 Å². The fraction of sp³-hybridized carbons (Fsp3) is 0.462. The Balaban J connectivity index is 1.81. The van der Waals surface area contributed by atoms with Gasteiger partial charge in [-0.2, -0.15) is 0 Å². The third-order valence-corrected chi connectivity index (χ3v) is 3.43. The Labute approximate surface area is 119 Å². The topological polar surface area (TPSA) is 50.4 Å². The summed E-state index contributed by atoms with van der Waals surface area (Å²) in [7, 11) is 0. The van der Waals surface area contributed by atoms with E-state index in [1.807, 2.05) is 0 Å². The van der Waals surface area contributed by atoms with Gasteiger partial charge < -0.3 is 15.4 Å². The smallest absolute Gasteiger partial charge is 0.250 e. The first-order valence-corrected chi connectivity index (χ1v) is 7.01. The summed E-state index contributed by atoms with van der Waals surface area (Å²) in [6, 6.07) is 4.40. The van der Waals surface area contributed by atoms with E-state index < -0.39 is 5.82 Å². The van der Waals surface area contributed by atoms with Crippen LogP contribution in [0.5, 0.6) is 0 Å². The third kappa shape index (κ3) is 4.56. The second-order valence-corrected chi connectivity index (χ2v) is 5.35. The fourth-order valence-electron chi connectivity index (χ4n) is 1.94. The molecule has 0 spiro atoms. The number of ether oxygens (including phenoxy) is 1. The van der Waals surface area contributed by atoms with Crippen LogP contribution in [0, 0.1) is 5.82 Å². The van der Waals surface area contributed by atoms with Crippen LogP contribution in [0.3, 0.4) is 0 Å². The maximum atomic E-state index is 13.4. The Morgan fingerprint density at radius 1 is 1.47 bits per heavy atom. The molecular weight excluding hydrogens is 315 g/mol. The molecule has 19 heavy (non-hydrogen) atoms. The van der Waals surface area contributed by atoms with Gasteiger partial charge >= 0.3 is 0 Å².